The van der Waals surface area contributed by atoms with Crippen molar-refractivity contribution in [2.45, 2.75) is 31.7 Å². The molecule has 0 aliphatic heterocycles. The van der Waals surface area contributed by atoms with Crippen molar-refractivity contribution >= 4 is 37.5 Å². The second-order valence-corrected chi connectivity index (χ2v) is 9.18. The van der Waals surface area contributed by atoms with Crippen molar-refractivity contribution in [3.63, 3.8) is 0 Å². The second kappa shape index (κ2) is 8.68. The Hall–Kier alpha value is -1.86. The zero-order valence-corrected chi connectivity index (χ0v) is 17.4. The lowest BCUT2D eigenvalue weighted by atomic mass is 10.1. The molecule has 0 aliphatic carbocycles. The maximum Gasteiger partial charge on any atom is 0.264 e. The van der Waals surface area contributed by atoms with Crippen molar-refractivity contribution in [2.24, 2.45) is 5.92 Å². The summed E-state index contributed by atoms with van der Waals surface area (Å²) in [6.07, 6.45) is 0. The monoisotopic (exact) mass is 438 g/mol. The molecule has 5 nitrogen and oxygen atoms in total. The summed E-state index contributed by atoms with van der Waals surface area (Å²) in [5.41, 5.74) is 0.435. The Morgan fingerprint density at radius 3 is 2.15 bits per heavy atom. The van der Waals surface area contributed by atoms with Crippen LogP contribution in [0.1, 0.15) is 20.8 Å². The zero-order chi connectivity index (χ0) is 19.3. The van der Waals surface area contributed by atoms with E-state index in [1.54, 1.807) is 42.5 Å². The molecule has 0 heterocycles. The fourth-order valence-corrected chi connectivity index (χ4v) is 3.95. The Labute approximate surface area is 163 Å². The van der Waals surface area contributed by atoms with Gasteiger partial charge in [-0.15, -0.1) is 0 Å². The van der Waals surface area contributed by atoms with E-state index in [1.807, 2.05) is 20.8 Å². The van der Waals surface area contributed by atoms with Crippen LogP contribution >= 0.6 is 15.9 Å². The largest absolute Gasteiger partial charge is 0.352 e. The normalized spacial score (nSPS) is 12.7. The third-order valence-corrected chi connectivity index (χ3v) is 6.44. The molecule has 1 atom stereocenters. The van der Waals surface area contributed by atoms with Crippen molar-refractivity contribution in [1.29, 1.82) is 0 Å². The summed E-state index contributed by atoms with van der Waals surface area (Å²) in [6, 6.07) is 14.9. The molecule has 0 aliphatic rings. The van der Waals surface area contributed by atoms with Crippen molar-refractivity contribution < 1.29 is 13.2 Å². The molecule has 0 spiro atoms. The molecule has 1 N–H and O–H groups in total. The van der Waals surface area contributed by atoms with Gasteiger partial charge in [0.25, 0.3) is 10.0 Å². The van der Waals surface area contributed by atoms with Gasteiger partial charge in [0.1, 0.15) is 6.54 Å². The zero-order valence-electron chi connectivity index (χ0n) is 15.0. The Balaban J connectivity index is 2.37. The van der Waals surface area contributed by atoms with Gasteiger partial charge in [0.2, 0.25) is 5.91 Å². The van der Waals surface area contributed by atoms with E-state index in [9.17, 15) is 13.2 Å². The summed E-state index contributed by atoms with van der Waals surface area (Å²) in [6.45, 7) is 5.62. The molecule has 140 valence electrons. The number of hydrogen-bond donors (Lipinski definition) is 1. The summed E-state index contributed by atoms with van der Waals surface area (Å²) in [5.74, 6) is -0.0839. The fraction of sp³-hybridized carbons (Fsp3) is 0.316. The van der Waals surface area contributed by atoms with E-state index in [0.29, 0.717) is 5.69 Å². The molecule has 1 amide bonds. The lowest BCUT2D eigenvalue weighted by molar-refractivity contribution is -0.120. The first-order valence-corrected chi connectivity index (χ1v) is 10.6. The van der Waals surface area contributed by atoms with Gasteiger partial charge in [0.15, 0.2) is 0 Å². The van der Waals surface area contributed by atoms with Crippen LogP contribution in [0.2, 0.25) is 0 Å². The highest BCUT2D eigenvalue weighted by molar-refractivity contribution is 9.10. The average molecular weight is 439 g/mol. The highest BCUT2D eigenvalue weighted by Crippen LogP contribution is 2.25. The van der Waals surface area contributed by atoms with Crippen LogP contribution in [0.4, 0.5) is 5.69 Å². The molecule has 0 unspecified atom stereocenters. The number of sulfonamides is 1. The molecule has 2 aromatic carbocycles. The SMILES string of the molecule is CC(C)[C@H](C)NC(=O)CN(c1ccc(Br)cc1)S(=O)(=O)c1ccccc1. The standard InChI is InChI=1S/C19H23BrN2O3S/c1-14(2)15(3)21-19(23)13-22(17-11-9-16(20)10-12-17)26(24,25)18-7-5-4-6-8-18/h4-12,14-15H,13H2,1-3H3,(H,21,23)/t15-/m0/s1. The minimum atomic E-state index is -3.86. The number of anilines is 1. The van der Waals surface area contributed by atoms with Crippen LogP contribution in [0.25, 0.3) is 0 Å². The number of rotatable bonds is 7. The number of carbonyl (C=O) groups excluding carboxylic acids is 1. The van der Waals surface area contributed by atoms with Gasteiger partial charge in [-0.25, -0.2) is 8.42 Å². The summed E-state index contributed by atoms with van der Waals surface area (Å²) < 4.78 is 28.2. The van der Waals surface area contributed by atoms with E-state index >= 15 is 0 Å². The topological polar surface area (TPSA) is 66.5 Å². The first-order valence-electron chi connectivity index (χ1n) is 8.34. The van der Waals surface area contributed by atoms with Crippen LogP contribution < -0.4 is 9.62 Å². The first kappa shape index (κ1) is 20.5. The molecule has 0 aromatic heterocycles. The van der Waals surface area contributed by atoms with E-state index in [2.05, 4.69) is 21.2 Å². The number of halogens is 1. The Bertz CT molecular complexity index is 837. The quantitative estimate of drug-likeness (QED) is 0.714. The molecule has 0 radical (unpaired) electrons. The number of nitrogens with zero attached hydrogens (tertiary/aromatic N) is 1. The molecule has 2 rings (SSSR count). The van der Waals surface area contributed by atoms with Gasteiger partial charge in [0, 0.05) is 10.5 Å². The van der Waals surface area contributed by atoms with Gasteiger partial charge < -0.3 is 5.32 Å². The van der Waals surface area contributed by atoms with Crippen LogP contribution in [-0.2, 0) is 14.8 Å². The van der Waals surface area contributed by atoms with Gasteiger partial charge in [0.05, 0.1) is 10.6 Å². The van der Waals surface area contributed by atoms with E-state index in [-0.39, 0.29) is 29.3 Å². The molecule has 0 saturated heterocycles. The molecular formula is C19H23BrN2O3S. The van der Waals surface area contributed by atoms with Crippen LogP contribution in [0.3, 0.4) is 0 Å². The Morgan fingerprint density at radius 1 is 1.04 bits per heavy atom. The fourth-order valence-electron chi connectivity index (χ4n) is 2.24. The summed E-state index contributed by atoms with van der Waals surface area (Å²) >= 11 is 3.34. The molecule has 0 bridgehead atoms. The molecular weight excluding hydrogens is 416 g/mol. The van der Waals surface area contributed by atoms with Gasteiger partial charge in [-0.2, -0.15) is 0 Å². The van der Waals surface area contributed by atoms with E-state index in [1.165, 1.54) is 12.1 Å². The smallest absolute Gasteiger partial charge is 0.264 e. The summed E-state index contributed by atoms with van der Waals surface area (Å²) in [4.78, 5) is 12.6. The van der Waals surface area contributed by atoms with E-state index in [4.69, 9.17) is 0 Å². The van der Waals surface area contributed by atoms with Crippen molar-refractivity contribution in [2.75, 3.05) is 10.8 Å². The van der Waals surface area contributed by atoms with Crippen LogP contribution in [0, 0.1) is 5.92 Å². The third-order valence-electron chi connectivity index (χ3n) is 4.12. The number of hydrogen-bond acceptors (Lipinski definition) is 3. The molecule has 7 heteroatoms. The highest BCUT2D eigenvalue weighted by atomic mass is 79.9. The lowest BCUT2D eigenvalue weighted by Gasteiger charge is -2.25. The lowest BCUT2D eigenvalue weighted by Crippen LogP contribution is -2.45. The number of amides is 1. The number of carbonyl (C=O) groups is 1. The van der Waals surface area contributed by atoms with Gasteiger partial charge in [-0.1, -0.05) is 48.0 Å². The number of benzene rings is 2. The van der Waals surface area contributed by atoms with Crippen LogP contribution in [0.5, 0.6) is 0 Å². The highest BCUT2D eigenvalue weighted by Gasteiger charge is 2.27. The summed E-state index contributed by atoms with van der Waals surface area (Å²) in [5, 5.41) is 2.86. The number of nitrogens with one attached hydrogen (secondary N) is 1. The summed E-state index contributed by atoms with van der Waals surface area (Å²) in [7, 11) is -3.86. The minimum Gasteiger partial charge on any atom is -0.352 e. The predicted molar refractivity (Wildman–Crippen MR) is 108 cm³/mol. The van der Waals surface area contributed by atoms with Gasteiger partial charge in [-0.05, 0) is 49.2 Å². The maximum absolute atomic E-state index is 13.1. The minimum absolute atomic E-state index is 0.0475. The van der Waals surface area contributed by atoms with Crippen LogP contribution in [0.15, 0.2) is 64.0 Å². The van der Waals surface area contributed by atoms with E-state index in [0.717, 1.165) is 8.78 Å². The molecule has 26 heavy (non-hydrogen) atoms. The third kappa shape index (κ3) is 5.08. The predicted octanol–water partition coefficient (Wildman–Crippen LogP) is 3.81. The molecule has 2 aromatic rings. The second-order valence-electron chi connectivity index (χ2n) is 6.40. The Kier molecular flexibility index (Phi) is 6.83. The van der Waals surface area contributed by atoms with E-state index < -0.39 is 10.0 Å². The van der Waals surface area contributed by atoms with Crippen molar-refractivity contribution in [3.05, 3.63) is 59.1 Å². The van der Waals surface area contributed by atoms with Gasteiger partial charge >= 0.3 is 0 Å². The van der Waals surface area contributed by atoms with Crippen LogP contribution in [-0.4, -0.2) is 26.9 Å². The van der Waals surface area contributed by atoms with Gasteiger partial charge in [-0.3, -0.25) is 9.10 Å². The maximum atomic E-state index is 13.1. The van der Waals surface area contributed by atoms with Crippen molar-refractivity contribution in [1.82, 2.24) is 5.32 Å². The first-order chi connectivity index (χ1) is 12.2. The average Bonchev–Trinajstić information content (AvgIpc) is 2.61. The van der Waals surface area contributed by atoms with Crippen molar-refractivity contribution in [3.8, 4) is 0 Å². The Morgan fingerprint density at radius 2 is 1.62 bits per heavy atom. The molecule has 0 fully saturated rings. The molecule has 0 saturated carbocycles.